The highest BCUT2D eigenvalue weighted by Gasteiger charge is 2.05. The zero-order valence-electron chi connectivity index (χ0n) is 11.6. The number of carboxylic acid groups (broad SMARTS) is 1. The van der Waals surface area contributed by atoms with E-state index < -0.39 is 5.97 Å². The topological polar surface area (TPSA) is 62.2 Å². The molecule has 3 rings (SSSR count). The molecule has 0 aliphatic rings. The second-order valence-corrected chi connectivity index (χ2v) is 4.88. The summed E-state index contributed by atoms with van der Waals surface area (Å²) in [4.78, 5) is 15.0. The van der Waals surface area contributed by atoms with Crippen molar-refractivity contribution in [1.29, 1.82) is 0 Å². The number of halogens is 1. The molecule has 0 aliphatic heterocycles. The number of nitrogens with zero attached hydrogens (tertiary/aromatic N) is 1. The van der Waals surface area contributed by atoms with Crippen LogP contribution in [-0.2, 0) is 6.54 Å². The molecule has 0 spiro atoms. The van der Waals surface area contributed by atoms with Gasteiger partial charge in [0, 0.05) is 18.1 Å². The molecule has 4 nitrogen and oxygen atoms in total. The monoisotopic (exact) mass is 296 g/mol. The summed E-state index contributed by atoms with van der Waals surface area (Å²) in [5.74, 6) is -0.667. The third-order valence-corrected chi connectivity index (χ3v) is 3.39. The molecule has 0 radical (unpaired) electrons. The molecule has 3 aromatic rings. The number of carboxylic acids is 1. The van der Waals surface area contributed by atoms with Gasteiger partial charge in [-0.15, -0.1) is 0 Å². The van der Waals surface area contributed by atoms with Crippen LogP contribution in [0.4, 0.5) is 10.2 Å². The van der Waals surface area contributed by atoms with Crippen LogP contribution in [0.1, 0.15) is 15.9 Å². The van der Waals surface area contributed by atoms with Crippen LogP contribution in [0, 0.1) is 5.82 Å². The molecule has 0 atom stereocenters. The van der Waals surface area contributed by atoms with Gasteiger partial charge in [-0.25, -0.2) is 14.2 Å². The summed E-state index contributed by atoms with van der Waals surface area (Å²) in [7, 11) is 0. The highest BCUT2D eigenvalue weighted by atomic mass is 19.1. The number of benzene rings is 2. The molecule has 22 heavy (non-hydrogen) atoms. The molecule has 2 aromatic carbocycles. The molecule has 0 fully saturated rings. The van der Waals surface area contributed by atoms with Gasteiger partial charge < -0.3 is 10.4 Å². The van der Waals surface area contributed by atoms with E-state index in [1.54, 1.807) is 36.5 Å². The minimum atomic E-state index is -0.953. The van der Waals surface area contributed by atoms with E-state index >= 15 is 0 Å². The number of hydrogen-bond donors (Lipinski definition) is 2. The summed E-state index contributed by atoms with van der Waals surface area (Å²) in [6, 6.07) is 13.0. The van der Waals surface area contributed by atoms with E-state index in [1.807, 2.05) is 6.07 Å². The molecule has 0 bridgehead atoms. The number of anilines is 1. The number of hydrogen-bond acceptors (Lipinski definition) is 3. The predicted molar refractivity (Wildman–Crippen MR) is 82.4 cm³/mol. The van der Waals surface area contributed by atoms with Gasteiger partial charge in [0.1, 0.15) is 11.6 Å². The Hall–Kier alpha value is -2.95. The molecule has 1 aromatic heterocycles. The summed E-state index contributed by atoms with van der Waals surface area (Å²) >= 11 is 0. The first-order valence-corrected chi connectivity index (χ1v) is 6.74. The Balaban J connectivity index is 1.81. The predicted octanol–water partition coefficient (Wildman–Crippen LogP) is 3.68. The minimum Gasteiger partial charge on any atom is -0.478 e. The van der Waals surface area contributed by atoms with Crippen LogP contribution in [0.15, 0.2) is 54.7 Å². The Morgan fingerprint density at radius 3 is 2.64 bits per heavy atom. The summed E-state index contributed by atoms with van der Waals surface area (Å²) in [6.07, 6.45) is 1.66. The largest absolute Gasteiger partial charge is 0.478 e. The maximum atomic E-state index is 13.4. The molecule has 2 N–H and O–H groups in total. The van der Waals surface area contributed by atoms with Crippen molar-refractivity contribution >= 4 is 22.6 Å². The third kappa shape index (κ3) is 2.88. The summed E-state index contributed by atoms with van der Waals surface area (Å²) in [6.45, 7) is 0.475. The SMILES string of the molecule is O=C(O)c1ccc(CNc2nccc3ccc(F)cc23)cc1. The van der Waals surface area contributed by atoms with Gasteiger partial charge >= 0.3 is 5.97 Å². The van der Waals surface area contributed by atoms with Crippen molar-refractivity contribution in [2.24, 2.45) is 0 Å². The third-order valence-electron chi connectivity index (χ3n) is 3.39. The number of nitrogens with one attached hydrogen (secondary N) is 1. The molecule has 5 heteroatoms. The van der Waals surface area contributed by atoms with Gasteiger partial charge in [0.2, 0.25) is 0 Å². The fourth-order valence-electron chi connectivity index (χ4n) is 2.23. The summed E-state index contributed by atoms with van der Waals surface area (Å²) < 4.78 is 13.4. The first-order chi connectivity index (χ1) is 10.6. The molecule has 0 aliphatic carbocycles. The maximum Gasteiger partial charge on any atom is 0.335 e. The zero-order valence-corrected chi connectivity index (χ0v) is 11.6. The lowest BCUT2D eigenvalue weighted by Crippen LogP contribution is -2.03. The van der Waals surface area contributed by atoms with Crippen molar-refractivity contribution in [2.75, 3.05) is 5.32 Å². The van der Waals surface area contributed by atoms with Crippen LogP contribution in [0.2, 0.25) is 0 Å². The summed E-state index contributed by atoms with van der Waals surface area (Å²) in [5.41, 5.74) is 1.16. The molecule has 110 valence electrons. The average Bonchev–Trinajstić information content (AvgIpc) is 2.53. The number of pyridine rings is 1. The molecule has 0 saturated carbocycles. The van der Waals surface area contributed by atoms with Crippen molar-refractivity contribution in [3.63, 3.8) is 0 Å². The number of rotatable bonds is 4. The Morgan fingerprint density at radius 2 is 1.91 bits per heavy atom. The van der Waals surface area contributed by atoms with E-state index in [0.717, 1.165) is 10.9 Å². The van der Waals surface area contributed by atoms with Gasteiger partial charge in [0.05, 0.1) is 5.56 Å². The fraction of sp³-hybridized carbons (Fsp3) is 0.0588. The van der Waals surface area contributed by atoms with Gasteiger partial charge in [-0.2, -0.15) is 0 Å². The van der Waals surface area contributed by atoms with Crippen LogP contribution >= 0.6 is 0 Å². The number of aromatic nitrogens is 1. The van der Waals surface area contributed by atoms with E-state index in [9.17, 15) is 9.18 Å². The van der Waals surface area contributed by atoms with Gasteiger partial charge in [0.15, 0.2) is 0 Å². The highest BCUT2D eigenvalue weighted by Crippen LogP contribution is 2.22. The van der Waals surface area contributed by atoms with Crippen molar-refractivity contribution in [1.82, 2.24) is 4.98 Å². The lowest BCUT2D eigenvalue weighted by atomic mass is 10.1. The highest BCUT2D eigenvalue weighted by molar-refractivity contribution is 5.91. The van der Waals surface area contributed by atoms with Gasteiger partial charge in [-0.3, -0.25) is 0 Å². The molecule has 1 heterocycles. The standard InChI is InChI=1S/C17H13FN2O2/c18-14-6-5-12-7-8-19-16(15(12)9-14)20-10-11-1-3-13(4-2-11)17(21)22/h1-9H,10H2,(H,19,20)(H,21,22). The van der Waals surface area contributed by atoms with E-state index in [4.69, 9.17) is 5.11 Å². The van der Waals surface area contributed by atoms with Crippen LogP contribution in [0.25, 0.3) is 10.8 Å². The van der Waals surface area contributed by atoms with E-state index in [0.29, 0.717) is 17.7 Å². The molecular weight excluding hydrogens is 283 g/mol. The number of fused-ring (bicyclic) bond motifs is 1. The van der Waals surface area contributed by atoms with Crippen LogP contribution in [0.3, 0.4) is 0 Å². The molecule has 0 amide bonds. The molecule has 0 saturated heterocycles. The van der Waals surface area contributed by atoms with Crippen molar-refractivity contribution in [2.45, 2.75) is 6.54 Å². The first kappa shape index (κ1) is 14.0. The summed E-state index contributed by atoms with van der Waals surface area (Å²) in [5, 5.41) is 13.6. The average molecular weight is 296 g/mol. The number of aromatic carboxylic acids is 1. The van der Waals surface area contributed by atoms with E-state index in [2.05, 4.69) is 10.3 Å². The molecular formula is C17H13FN2O2. The van der Waals surface area contributed by atoms with Crippen LogP contribution < -0.4 is 5.32 Å². The lowest BCUT2D eigenvalue weighted by Gasteiger charge is -2.09. The Kier molecular flexibility index (Phi) is 3.70. The van der Waals surface area contributed by atoms with Crippen LogP contribution in [0.5, 0.6) is 0 Å². The van der Waals surface area contributed by atoms with Gasteiger partial charge in [-0.05, 0) is 41.3 Å². The quantitative estimate of drug-likeness (QED) is 0.771. The zero-order chi connectivity index (χ0) is 15.5. The van der Waals surface area contributed by atoms with Gasteiger partial charge in [0.25, 0.3) is 0 Å². The van der Waals surface area contributed by atoms with Crippen molar-refractivity contribution in [3.05, 3.63) is 71.7 Å². The first-order valence-electron chi connectivity index (χ1n) is 6.74. The maximum absolute atomic E-state index is 13.4. The lowest BCUT2D eigenvalue weighted by molar-refractivity contribution is 0.0697. The molecule has 0 unspecified atom stereocenters. The van der Waals surface area contributed by atoms with Gasteiger partial charge in [-0.1, -0.05) is 18.2 Å². The number of carbonyl (C=O) groups is 1. The Morgan fingerprint density at radius 1 is 1.14 bits per heavy atom. The smallest absolute Gasteiger partial charge is 0.335 e. The second kappa shape index (κ2) is 5.81. The minimum absolute atomic E-state index is 0.245. The fourth-order valence-corrected chi connectivity index (χ4v) is 2.23. The second-order valence-electron chi connectivity index (χ2n) is 4.88. The van der Waals surface area contributed by atoms with Crippen molar-refractivity contribution < 1.29 is 14.3 Å². The van der Waals surface area contributed by atoms with E-state index in [-0.39, 0.29) is 11.4 Å². The Labute approximate surface area is 126 Å². The normalized spacial score (nSPS) is 10.6. The van der Waals surface area contributed by atoms with Crippen LogP contribution in [-0.4, -0.2) is 16.1 Å². The van der Waals surface area contributed by atoms with Crippen molar-refractivity contribution in [3.8, 4) is 0 Å². The Bertz CT molecular complexity index is 832. The van der Waals surface area contributed by atoms with E-state index in [1.165, 1.54) is 12.1 Å².